The summed E-state index contributed by atoms with van der Waals surface area (Å²) in [4.78, 5) is 24.8. The largest absolute Gasteiger partial charge is 0.482 e. The van der Waals surface area contributed by atoms with Crippen LogP contribution in [-0.2, 0) is 9.59 Å². The number of allylic oxidation sites excluding steroid dienone is 2. The molecule has 0 atom stereocenters. The zero-order valence-corrected chi connectivity index (χ0v) is 18.5. The molecule has 0 bridgehead atoms. The summed E-state index contributed by atoms with van der Waals surface area (Å²) in [6.45, 7) is 2.25. The lowest BCUT2D eigenvalue weighted by atomic mass is 10.0. The number of amides is 2. The van der Waals surface area contributed by atoms with Crippen LogP contribution in [0.15, 0.2) is 35.9 Å². The second-order valence-corrected chi connectivity index (χ2v) is 7.40. The van der Waals surface area contributed by atoms with Crippen molar-refractivity contribution in [1.82, 2.24) is 5.32 Å². The van der Waals surface area contributed by atoms with Crippen molar-refractivity contribution in [1.29, 1.82) is 0 Å². The van der Waals surface area contributed by atoms with E-state index in [0.29, 0.717) is 11.6 Å². The van der Waals surface area contributed by atoms with Gasteiger partial charge in [0.1, 0.15) is 12.4 Å². The van der Waals surface area contributed by atoms with Gasteiger partial charge in [0.15, 0.2) is 29.0 Å². The normalized spacial score (nSPS) is 15.2. The Labute approximate surface area is 198 Å². The number of carbonyl (C=O) groups is 2. The molecule has 2 aromatic rings. The van der Waals surface area contributed by atoms with Gasteiger partial charge in [-0.25, -0.2) is 26.3 Å². The van der Waals surface area contributed by atoms with E-state index in [2.05, 4.69) is 10.1 Å². The Kier molecular flexibility index (Phi) is 7.41. The maximum Gasteiger partial charge on any atom is 0.482 e. The smallest absolute Gasteiger partial charge is 0.423 e. The zero-order valence-electron chi connectivity index (χ0n) is 18.5. The molecular formula is C23H16F8N2O3. The summed E-state index contributed by atoms with van der Waals surface area (Å²) in [5, 5.41) is 2.37. The van der Waals surface area contributed by atoms with Crippen molar-refractivity contribution >= 4 is 17.5 Å². The Balaban J connectivity index is 2.09. The molecule has 1 aliphatic rings. The predicted octanol–water partition coefficient (Wildman–Crippen LogP) is 5.15. The topological polar surface area (TPSA) is 58.6 Å². The summed E-state index contributed by atoms with van der Waals surface area (Å²) in [5.74, 6) is -17.8. The van der Waals surface area contributed by atoms with Crippen molar-refractivity contribution in [2.24, 2.45) is 0 Å². The molecule has 0 aromatic heterocycles. The third-order valence-corrected chi connectivity index (χ3v) is 5.09. The number of ether oxygens (including phenoxy) is 1. The van der Waals surface area contributed by atoms with Crippen molar-refractivity contribution in [2.45, 2.75) is 20.0 Å². The minimum atomic E-state index is -4.55. The summed E-state index contributed by atoms with van der Waals surface area (Å²) in [7, 11) is 0. The molecule has 0 spiro atoms. The van der Waals surface area contributed by atoms with Crippen molar-refractivity contribution in [3.63, 3.8) is 0 Å². The number of carbonyl (C=O) groups excluding carboxylic acids is 2. The van der Waals surface area contributed by atoms with Gasteiger partial charge in [0.05, 0.1) is 11.3 Å². The van der Waals surface area contributed by atoms with Crippen LogP contribution in [0.25, 0.3) is 11.1 Å². The van der Waals surface area contributed by atoms with Crippen LogP contribution < -0.4 is 15.0 Å². The van der Waals surface area contributed by atoms with E-state index in [4.69, 9.17) is 0 Å². The van der Waals surface area contributed by atoms with Gasteiger partial charge in [0.25, 0.3) is 0 Å². The van der Waals surface area contributed by atoms with Gasteiger partial charge in [-0.2, -0.15) is 8.78 Å². The third kappa shape index (κ3) is 4.77. The van der Waals surface area contributed by atoms with E-state index in [9.17, 15) is 44.7 Å². The zero-order chi connectivity index (χ0) is 26.9. The molecule has 0 fully saturated rings. The molecule has 1 heterocycles. The summed E-state index contributed by atoms with van der Waals surface area (Å²) < 4.78 is 116. The molecule has 1 aliphatic heterocycles. The van der Waals surface area contributed by atoms with E-state index in [1.54, 1.807) is 32.1 Å². The number of halogens is 8. The van der Waals surface area contributed by atoms with Gasteiger partial charge in [0, 0.05) is 18.2 Å². The highest BCUT2D eigenvalue weighted by Crippen LogP contribution is 2.44. The molecule has 192 valence electrons. The van der Waals surface area contributed by atoms with E-state index in [1.165, 1.54) is 0 Å². The number of anilines is 1. The molecule has 2 amide bonds. The van der Waals surface area contributed by atoms with E-state index in [1.807, 2.05) is 0 Å². The molecule has 0 unspecified atom stereocenters. The van der Waals surface area contributed by atoms with Crippen LogP contribution in [0.1, 0.15) is 13.8 Å². The summed E-state index contributed by atoms with van der Waals surface area (Å²) in [6.07, 6.45) is 0.399. The van der Waals surface area contributed by atoms with Crippen LogP contribution in [0, 0.1) is 34.9 Å². The molecule has 13 heteroatoms. The maximum atomic E-state index is 14.7. The summed E-state index contributed by atoms with van der Waals surface area (Å²) in [5.41, 5.74) is -3.09. The molecule has 0 saturated heterocycles. The van der Waals surface area contributed by atoms with Crippen LogP contribution in [0.2, 0.25) is 0 Å². The Morgan fingerprint density at radius 3 is 2.14 bits per heavy atom. The minimum absolute atomic E-state index is 0.0549. The van der Waals surface area contributed by atoms with Gasteiger partial charge in [0.2, 0.25) is 11.7 Å². The number of hydrogen-bond donors (Lipinski definition) is 1. The van der Waals surface area contributed by atoms with Gasteiger partial charge in [-0.3, -0.25) is 14.5 Å². The van der Waals surface area contributed by atoms with Crippen LogP contribution in [0.4, 0.5) is 40.8 Å². The second-order valence-electron chi connectivity index (χ2n) is 7.40. The van der Waals surface area contributed by atoms with Gasteiger partial charge in [-0.1, -0.05) is 18.2 Å². The van der Waals surface area contributed by atoms with Crippen LogP contribution >= 0.6 is 0 Å². The molecule has 5 nitrogen and oxygen atoms in total. The van der Waals surface area contributed by atoms with Crippen molar-refractivity contribution in [2.75, 3.05) is 18.0 Å². The molecular weight excluding hydrogens is 504 g/mol. The number of hydrogen-bond acceptors (Lipinski definition) is 3. The lowest BCUT2D eigenvalue weighted by Gasteiger charge is -2.33. The number of nitrogens with zero attached hydrogens (tertiary/aromatic N) is 1. The van der Waals surface area contributed by atoms with Gasteiger partial charge < -0.3 is 10.1 Å². The number of nitrogens with one attached hydrogen (secondary N) is 1. The van der Waals surface area contributed by atoms with Crippen molar-refractivity contribution in [3.8, 4) is 16.9 Å². The fraction of sp³-hybridized carbons (Fsp3) is 0.217. The SMILES string of the molecule is C/C=C\C(=C/C)CNC(=O)CN1C(=O)C(F)(F)Oc2cc(F)c(-c3c(F)c(F)c(F)c(F)c3F)cc21. The first-order chi connectivity index (χ1) is 16.8. The average Bonchev–Trinajstić information content (AvgIpc) is 2.82. The van der Waals surface area contributed by atoms with Crippen LogP contribution in [0.5, 0.6) is 5.75 Å². The first kappa shape index (κ1) is 26.7. The molecule has 0 saturated carbocycles. The Bertz CT molecular complexity index is 1280. The highest BCUT2D eigenvalue weighted by Gasteiger charge is 2.51. The lowest BCUT2D eigenvalue weighted by molar-refractivity contribution is -0.192. The van der Waals surface area contributed by atoms with Crippen molar-refractivity contribution in [3.05, 3.63) is 70.8 Å². The van der Waals surface area contributed by atoms with E-state index < -0.39 is 81.9 Å². The quantitative estimate of drug-likeness (QED) is 0.248. The van der Waals surface area contributed by atoms with Crippen molar-refractivity contribution < 1.29 is 49.4 Å². The van der Waals surface area contributed by atoms with Gasteiger partial charge in [-0.05, 0) is 25.5 Å². The lowest BCUT2D eigenvalue weighted by Crippen LogP contribution is -2.53. The number of fused-ring (bicyclic) bond motifs is 1. The Morgan fingerprint density at radius 2 is 1.58 bits per heavy atom. The predicted molar refractivity (Wildman–Crippen MR) is 111 cm³/mol. The van der Waals surface area contributed by atoms with E-state index in [-0.39, 0.29) is 17.5 Å². The highest BCUT2D eigenvalue weighted by molar-refractivity contribution is 6.05. The monoisotopic (exact) mass is 520 g/mol. The van der Waals surface area contributed by atoms with E-state index >= 15 is 0 Å². The maximum absolute atomic E-state index is 14.7. The van der Waals surface area contributed by atoms with Crippen LogP contribution in [0.3, 0.4) is 0 Å². The number of benzene rings is 2. The van der Waals surface area contributed by atoms with Gasteiger partial charge >= 0.3 is 12.0 Å². The first-order valence-electron chi connectivity index (χ1n) is 10.1. The fourth-order valence-electron chi connectivity index (χ4n) is 3.35. The van der Waals surface area contributed by atoms with Crippen LogP contribution in [-0.4, -0.2) is 31.0 Å². The third-order valence-electron chi connectivity index (χ3n) is 5.09. The number of rotatable bonds is 6. The molecule has 2 aromatic carbocycles. The van der Waals surface area contributed by atoms with Gasteiger partial charge in [-0.15, -0.1) is 0 Å². The molecule has 36 heavy (non-hydrogen) atoms. The average molecular weight is 520 g/mol. The van der Waals surface area contributed by atoms with E-state index in [0.717, 1.165) is 0 Å². The molecule has 0 aliphatic carbocycles. The Hall–Kier alpha value is -3.90. The summed E-state index contributed by atoms with van der Waals surface area (Å²) >= 11 is 0. The number of alkyl halides is 2. The standard InChI is InChI=1S/C23H16F8N2O3/c1-3-5-10(4-2)8-32-15(34)9-33-13-6-11(12(24)7-14(13)36-23(30,31)22(33)35)16-17(25)19(27)21(29)20(28)18(16)26/h3-7H,8-9H2,1-2H3,(H,32,34)/b5-3-,10-4+. The second kappa shape index (κ2) is 9.99. The first-order valence-corrected chi connectivity index (χ1v) is 10.1. The Morgan fingerprint density at radius 1 is 1.00 bits per heavy atom. The highest BCUT2D eigenvalue weighted by atomic mass is 19.3. The molecule has 1 N–H and O–H groups in total. The molecule has 0 radical (unpaired) electrons. The summed E-state index contributed by atoms with van der Waals surface area (Å²) in [6, 6.07) is 0.554. The minimum Gasteiger partial charge on any atom is -0.423 e. The fourth-order valence-corrected chi connectivity index (χ4v) is 3.35. The molecule has 3 rings (SSSR count).